The van der Waals surface area contributed by atoms with E-state index in [1.807, 2.05) is 66.7 Å². The molecule has 0 spiro atoms. The van der Waals surface area contributed by atoms with Crippen LogP contribution in [0.1, 0.15) is 22.8 Å². The third-order valence-electron chi connectivity index (χ3n) is 3.59. The standard InChI is InChI=1S/C20H17ClO2/c21-18-10-4-8-16(12-18)20(22)17-9-5-11-19(13-17)23-14-15-6-2-1-3-7-15/h1-13,20,22H,14H2. The molecule has 0 fully saturated rings. The molecule has 3 aromatic carbocycles. The van der Waals surface area contributed by atoms with Gasteiger partial charge < -0.3 is 9.84 Å². The summed E-state index contributed by atoms with van der Waals surface area (Å²) in [5.41, 5.74) is 2.64. The molecule has 0 aliphatic carbocycles. The quantitative estimate of drug-likeness (QED) is 0.715. The molecular weight excluding hydrogens is 308 g/mol. The van der Waals surface area contributed by atoms with Gasteiger partial charge in [-0.15, -0.1) is 0 Å². The summed E-state index contributed by atoms with van der Waals surface area (Å²) >= 11 is 5.99. The molecule has 1 atom stereocenters. The van der Waals surface area contributed by atoms with E-state index in [9.17, 15) is 5.11 Å². The molecule has 0 aliphatic rings. The van der Waals surface area contributed by atoms with E-state index < -0.39 is 6.10 Å². The van der Waals surface area contributed by atoms with Crippen LogP contribution in [0.15, 0.2) is 78.9 Å². The van der Waals surface area contributed by atoms with Gasteiger partial charge in [-0.25, -0.2) is 0 Å². The molecule has 0 radical (unpaired) electrons. The highest BCUT2D eigenvalue weighted by Gasteiger charge is 2.11. The van der Waals surface area contributed by atoms with Crippen LogP contribution in [0, 0.1) is 0 Å². The normalized spacial score (nSPS) is 11.9. The number of hydrogen-bond acceptors (Lipinski definition) is 2. The highest BCUT2D eigenvalue weighted by atomic mass is 35.5. The van der Waals surface area contributed by atoms with Crippen LogP contribution in [0.2, 0.25) is 5.02 Å². The predicted octanol–water partition coefficient (Wildman–Crippen LogP) is 5.00. The van der Waals surface area contributed by atoms with Crippen molar-refractivity contribution in [1.82, 2.24) is 0 Å². The molecule has 116 valence electrons. The van der Waals surface area contributed by atoms with Crippen LogP contribution < -0.4 is 4.74 Å². The van der Waals surface area contributed by atoms with Gasteiger partial charge in [-0.2, -0.15) is 0 Å². The number of aliphatic hydroxyl groups excluding tert-OH is 1. The molecule has 3 aromatic rings. The molecule has 0 saturated heterocycles. The Morgan fingerprint density at radius 3 is 2.26 bits per heavy atom. The zero-order chi connectivity index (χ0) is 16.1. The molecule has 23 heavy (non-hydrogen) atoms. The van der Waals surface area contributed by atoms with E-state index in [1.165, 1.54) is 0 Å². The van der Waals surface area contributed by atoms with Gasteiger partial charge in [0, 0.05) is 5.02 Å². The van der Waals surface area contributed by atoms with Crippen molar-refractivity contribution in [2.45, 2.75) is 12.7 Å². The van der Waals surface area contributed by atoms with Gasteiger partial charge in [-0.3, -0.25) is 0 Å². The van der Waals surface area contributed by atoms with Gasteiger partial charge in [0.25, 0.3) is 0 Å². The van der Waals surface area contributed by atoms with Crippen LogP contribution in [-0.2, 0) is 6.61 Å². The molecule has 0 saturated carbocycles. The minimum absolute atomic E-state index is 0.498. The SMILES string of the molecule is OC(c1cccc(Cl)c1)c1cccc(OCc2ccccc2)c1. The second-order valence-electron chi connectivity index (χ2n) is 5.30. The van der Waals surface area contributed by atoms with Crippen molar-refractivity contribution < 1.29 is 9.84 Å². The fourth-order valence-electron chi connectivity index (χ4n) is 2.38. The molecule has 3 heteroatoms. The van der Waals surface area contributed by atoms with E-state index in [4.69, 9.17) is 16.3 Å². The summed E-state index contributed by atoms with van der Waals surface area (Å²) in [5.74, 6) is 0.729. The molecule has 1 N–H and O–H groups in total. The number of halogens is 1. The lowest BCUT2D eigenvalue weighted by molar-refractivity contribution is 0.219. The Bertz CT molecular complexity index is 771. The summed E-state index contributed by atoms with van der Waals surface area (Å²) in [7, 11) is 0. The summed E-state index contributed by atoms with van der Waals surface area (Å²) in [6.07, 6.45) is -0.728. The van der Waals surface area contributed by atoms with Crippen molar-refractivity contribution in [3.8, 4) is 5.75 Å². The van der Waals surface area contributed by atoms with Gasteiger partial charge in [0.1, 0.15) is 18.5 Å². The van der Waals surface area contributed by atoms with Gasteiger partial charge in [0.15, 0.2) is 0 Å². The number of ether oxygens (including phenoxy) is 1. The Kier molecular flexibility index (Phi) is 4.96. The number of aliphatic hydroxyl groups is 1. The number of hydrogen-bond donors (Lipinski definition) is 1. The molecule has 2 nitrogen and oxygen atoms in total. The Labute approximate surface area is 140 Å². The summed E-state index contributed by atoms with van der Waals surface area (Å²) in [5, 5.41) is 11.1. The van der Waals surface area contributed by atoms with Crippen LogP contribution in [0.3, 0.4) is 0 Å². The summed E-state index contributed by atoms with van der Waals surface area (Å²) in [6.45, 7) is 0.498. The minimum Gasteiger partial charge on any atom is -0.489 e. The van der Waals surface area contributed by atoms with Crippen molar-refractivity contribution in [3.05, 3.63) is 101 Å². The molecule has 1 unspecified atom stereocenters. The second kappa shape index (κ2) is 7.32. The lowest BCUT2D eigenvalue weighted by Crippen LogP contribution is -2.01. The Morgan fingerprint density at radius 1 is 0.826 bits per heavy atom. The smallest absolute Gasteiger partial charge is 0.120 e. The second-order valence-corrected chi connectivity index (χ2v) is 5.74. The van der Waals surface area contributed by atoms with Crippen LogP contribution in [0.4, 0.5) is 0 Å². The molecule has 0 heterocycles. The van der Waals surface area contributed by atoms with Gasteiger partial charge in [0.2, 0.25) is 0 Å². The Hall–Kier alpha value is -2.29. The van der Waals surface area contributed by atoms with E-state index in [-0.39, 0.29) is 0 Å². The third kappa shape index (κ3) is 4.13. The van der Waals surface area contributed by atoms with Gasteiger partial charge in [0.05, 0.1) is 0 Å². The summed E-state index contributed by atoms with van der Waals surface area (Å²) in [6, 6.07) is 24.7. The molecular formula is C20H17ClO2. The molecule has 0 aromatic heterocycles. The van der Waals surface area contributed by atoms with Crippen LogP contribution in [0.5, 0.6) is 5.75 Å². The topological polar surface area (TPSA) is 29.5 Å². The van der Waals surface area contributed by atoms with Crippen LogP contribution >= 0.6 is 11.6 Å². The lowest BCUT2D eigenvalue weighted by atomic mass is 10.0. The molecule has 3 rings (SSSR count). The number of rotatable bonds is 5. The van der Waals surface area contributed by atoms with Crippen LogP contribution in [-0.4, -0.2) is 5.11 Å². The number of benzene rings is 3. The fourth-order valence-corrected chi connectivity index (χ4v) is 2.58. The van der Waals surface area contributed by atoms with E-state index in [0.29, 0.717) is 11.6 Å². The molecule has 0 aliphatic heterocycles. The average Bonchev–Trinajstić information content (AvgIpc) is 2.60. The Balaban J connectivity index is 1.74. The third-order valence-corrected chi connectivity index (χ3v) is 3.82. The van der Waals surface area contributed by atoms with E-state index >= 15 is 0 Å². The van der Waals surface area contributed by atoms with Gasteiger partial charge in [-0.1, -0.05) is 66.2 Å². The average molecular weight is 325 g/mol. The monoisotopic (exact) mass is 324 g/mol. The first kappa shape index (κ1) is 15.6. The van der Waals surface area contributed by atoms with E-state index in [0.717, 1.165) is 22.4 Å². The van der Waals surface area contributed by atoms with Crippen LogP contribution in [0.25, 0.3) is 0 Å². The molecule has 0 bridgehead atoms. The Morgan fingerprint density at radius 2 is 1.52 bits per heavy atom. The van der Waals surface area contributed by atoms with Crippen molar-refractivity contribution in [1.29, 1.82) is 0 Å². The highest BCUT2D eigenvalue weighted by molar-refractivity contribution is 6.30. The first-order chi connectivity index (χ1) is 11.2. The van der Waals surface area contributed by atoms with E-state index in [2.05, 4.69) is 0 Å². The summed E-state index contributed by atoms with van der Waals surface area (Å²) < 4.78 is 5.81. The summed E-state index contributed by atoms with van der Waals surface area (Å²) in [4.78, 5) is 0. The maximum absolute atomic E-state index is 10.5. The molecule has 0 amide bonds. The predicted molar refractivity (Wildman–Crippen MR) is 92.7 cm³/mol. The van der Waals surface area contributed by atoms with Gasteiger partial charge >= 0.3 is 0 Å². The van der Waals surface area contributed by atoms with Gasteiger partial charge in [-0.05, 0) is 41.0 Å². The maximum atomic E-state index is 10.5. The van der Waals surface area contributed by atoms with Crippen molar-refractivity contribution in [2.75, 3.05) is 0 Å². The van der Waals surface area contributed by atoms with Crippen molar-refractivity contribution in [2.24, 2.45) is 0 Å². The zero-order valence-electron chi connectivity index (χ0n) is 12.5. The lowest BCUT2D eigenvalue weighted by Gasteiger charge is -2.14. The van der Waals surface area contributed by atoms with E-state index in [1.54, 1.807) is 12.1 Å². The first-order valence-electron chi connectivity index (χ1n) is 7.42. The van der Waals surface area contributed by atoms with Crippen molar-refractivity contribution >= 4 is 11.6 Å². The fraction of sp³-hybridized carbons (Fsp3) is 0.100. The highest BCUT2D eigenvalue weighted by Crippen LogP contribution is 2.27. The maximum Gasteiger partial charge on any atom is 0.120 e. The zero-order valence-corrected chi connectivity index (χ0v) is 13.3. The largest absolute Gasteiger partial charge is 0.489 e. The van der Waals surface area contributed by atoms with Crippen molar-refractivity contribution in [3.63, 3.8) is 0 Å². The first-order valence-corrected chi connectivity index (χ1v) is 7.80. The minimum atomic E-state index is -0.728.